The first-order chi connectivity index (χ1) is 5.35. The smallest absolute Gasteiger partial charge is 0.211 e. The van der Waals surface area contributed by atoms with Crippen LogP contribution >= 0.6 is 0 Å². The van der Waals surface area contributed by atoms with Crippen molar-refractivity contribution in [3.05, 3.63) is 0 Å². The fourth-order valence-corrected chi connectivity index (χ4v) is 1.08. The summed E-state index contributed by atoms with van der Waals surface area (Å²) in [6.45, 7) is 4.98. The summed E-state index contributed by atoms with van der Waals surface area (Å²) in [6.07, 6.45) is 6.36. The van der Waals surface area contributed by atoms with Gasteiger partial charge in [0.25, 0.3) is 0 Å². The second kappa shape index (κ2) is 7.49. The van der Waals surface area contributed by atoms with E-state index in [2.05, 4.69) is 18.8 Å². The highest BCUT2D eigenvalue weighted by Crippen LogP contribution is 2.12. The van der Waals surface area contributed by atoms with Gasteiger partial charge in [-0.05, 0) is 12.3 Å². The quantitative estimate of drug-likeness (QED) is 0.428. The van der Waals surface area contributed by atoms with E-state index in [0.29, 0.717) is 12.5 Å². The highest BCUT2D eigenvalue weighted by molar-refractivity contribution is 5.32. The molecule has 0 saturated carbocycles. The Labute approximate surface area is 68.7 Å². The van der Waals surface area contributed by atoms with Crippen LogP contribution < -0.4 is 0 Å². The lowest BCUT2D eigenvalue weighted by Gasteiger charge is -2.08. The van der Waals surface area contributed by atoms with Gasteiger partial charge in [0.1, 0.15) is 0 Å². The molecule has 0 fully saturated rings. The number of unbranched alkanes of at least 4 members (excludes halogenated alkanes) is 1. The molecule has 0 bridgehead atoms. The molecule has 0 radical (unpaired) electrons. The summed E-state index contributed by atoms with van der Waals surface area (Å²) in [7, 11) is 0. The van der Waals surface area contributed by atoms with Crippen LogP contribution in [0.4, 0.5) is 0 Å². The van der Waals surface area contributed by atoms with Gasteiger partial charge in [-0.15, -0.1) is 0 Å². The first-order valence-electron chi connectivity index (χ1n) is 4.38. The van der Waals surface area contributed by atoms with Crippen LogP contribution in [0.2, 0.25) is 0 Å². The number of hydrogen-bond donors (Lipinski definition) is 0. The van der Waals surface area contributed by atoms with Gasteiger partial charge in [-0.3, -0.25) is 0 Å². The predicted molar refractivity (Wildman–Crippen MR) is 46.3 cm³/mol. The standard InChI is InChI=1S/C9H17NO/c1-3-5-6-9(4-2)7-10-8-11/h9H,3-7H2,1-2H3/t9-/m1/s1. The minimum Gasteiger partial charge on any atom is -0.211 e. The molecule has 2 heteroatoms. The van der Waals surface area contributed by atoms with Crippen molar-refractivity contribution >= 4 is 6.08 Å². The maximum Gasteiger partial charge on any atom is 0.234 e. The van der Waals surface area contributed by atoms with E-state index < -0.39 is 0 Å². The van der Waals surface area contributed by atoms with Gasteiger partial charge in [0, 0.05) is 0 Å². The van der Waals surface area contributed by atoms with Gasteiger partial charge in [-0.1, -0.05) is 33.1 Å². The van der Waals surface area contributed by atoms with E-state index in [-0.39, 0.29) is 0 Å². The Morgan fingerprint density at radius 2 is 2.18 bits per heavy atom. The zero-order chi connectivity index (χ0) is 8.53. The van der Waals surface area contributed by atoms with Crippen molar-refractivity contribution in [3.63, 3.8) is 0 Å². The Balaban J connectivity index is 3.48. The van der Waals surface area contributed by atoms with Crippen LogP contribution in [0.1, 0.15) is 39.5 Å². The maximum atomic E-state index is 9.81. The van der Waals surface area contributed by atoms with Crippen molar-refractivity contribution in [1.29, 1.82) is 0 Å². The van der Waals surface area contributed by atoms with Crippen molar-refractivity contribution in [3.8, 4) is 0 Å². The van der Waals surface area contributed by atoms with Crippen LogP contribution in [0.15, 0.2) is 4.99 Å². The van der Waals surface area contributed by atoms with Crippen molar-refractivity contribution in [2.45, 2.75) is 39.5 Å². The zero-order valence-corrected chi connectivity index (χ0v) is 7.47. The van der Waals surface area contributed by atoms with E-state index in [1.54, 1.807) is 6.08 Å². The van der Waals surface area contributed by atoms with Crippen LogP contribution in [0.25, 0.3) is 0 Å². The molecule has 64 valence electrons. The third-order valence-corrected chi connectivity index (χ3v) is 1.96. The van der Waals surface area contributed by atoms with E-state index >= 15 is 0 Å². The molecule has 0 saturated heterocycles. The molecule has 0 aromatic heterocycles. The molecule has 0 unspecified atom stereocenters. The molecule has 0 N–H and O–H groups in total. The lowest BCUT2D eigenvalue weighted by Crippen LogP contribution is -2.02. The molecule has 2 nitrogen and oxygen atoms in total. The Bertz CT molecular complexity index is 128. The number of carbonyl (C=O) groups excluding carboxylic acids is 1. The molecular weight excluding hydrogens is 138 g/mol. The van der Waals surface area contributed by atoms with Gasteiger partial charge in [0.2, 0.25) is 6.08 Å². The highest BCUT2D eigenvalue weighted by atomic mass is 16.1. The van der Waals surface area contributed by atoms with Gasteiger partial charge < -0.3 is 0 Å². The van der Waals surface area contributed by atoms with E-state index in [0.717, 1.165) is 6.42 Å². The van der Waals surface area contributed by atoms with Crippen molar-refractivity contribution in [2.24, 2.45) is 10.9 Å². The zero-order valence-electron chi connectivity index (χ0n) is 7.47. The Morgan fingerprint density at radius 3 is 2.64 bits per heavy atom. The molecule has 0 aliphatic carbocycles. The summed E-state index contributed by atoms with van der Waals surface area (Å²) < 4.78 is 0. The van der Waals surface area contributed by atoms with E-state index in [1.807, 2.05) is 0 Å². The van der Waals surface area contributed by atoms with Gasteiger partial charge in [-0.25, -0.2) is 9.79 Å². The van der Waals surface area contributed by atoms with E-state index in [9.17, 15) is 4.79 Å². The van der Waals surface area contributed by atoms with Gasteiger partial charge >= 0.3 is 0 Å². The van der Waals surface area contributed by atoms with Crippen molar-refractivity contribution < 1.29 is 4.79 Å². The average molecular weight is 155 g/mol. The molecular formula is C9H17NO. The highest BCUT2D eigenvalue weighted by Gasteiger charge is 2.03. The lowest BCUT2D eigenvalue weighted by molar-refractivity contribution is 0.460. The third-order valence-electron chi connectivity index (χ3n) is 1.96. The Kier molecular flexibility index (Phi) is 7.06. The molecule has 0 aliphatic rings. The summed E-state index contributed by atoms with van der Waals surface area (Å²) in [5, 5.41) is 0. The fourth-order valence-electron chi connectivity index (χ4n) is 1.08. The molecule has 0 rings (SSSR count). The Morgan fingerprint density at radius 1 is 1.45 bits per heavy atom. The van der Waals surface area contributed by atoms with Crippen molar-refractivity contribution in [1.82, 2.24) is 0 Å². The third kappa shape index (κ3) is 5.81. The van der Waals surface area contributed by atoms with Crippen LogP contribution in [0, 0.1) is 5.92 Å². The van der Waals surface area contributed by atoms with Gasteiger partial charge in [0.05, 0.1) is 6.54 Å². The first kappa shape index (κ1) is 10.4. The SMILES string of the molecule is CCCC[C@@H](CC)CN=C=O. The molecule has 0 aromatic rings. The average Bonchev–Trinajstić information content (AvgIpc) is 2.05. The molecule has 0 spiro atoms. The molecule has 0 amide bonds. The first-order valence-corrected chi connectivity index (χ1v) is 4.38. The second-order valence-corrected chi connectivity index (χ2v) is 2.85. The Hall–Kier alpha value is -0.620. The minimum absolute atomic E-state index is 0.594. The normalized spacial score (nSPS) is 12.2. The number of rotatable bonds is 6. The molecule has 11 heavy (non-hydrogen) atoms. The number of isocyanates is 1. The second-order valence-electron chi connectivity index (χ2n) is 2.85. The van der Waals surface area contributed by atoms with Crippen LogP contribution in [-0.4, -0.2) is 12.6 Å². The fraction of sp³-hybridized carbons (Fsp3) is 0.889. The largest absolute Gasteiger partial charge is 0.234 e. The van der Waals surface area contributed by atoms with Crippen LogP contribution in [0.5, 0.6) is 0 Å². The molecule has 0 aliphatic heterocycles. The van der Waals surface area contributed by atoms with E-state index in [4.69, 9.17) is 0 Å². The topological polar surface area (TPSA) is 29.4 Å². The number of aliphatic imine (C=N–C) groups is 1. The maximum absolute atomic E-state index is 9.81. The predicted octanol–water partition coefficient (Wildman–Crippen LogP) is 2.54. The van der Waals surface area contributed by atoms with Crippen molar-refractivity contribution in [2.75, 3.05) is 6.54 Å². The van der Waals surface area contributed by atoms with Crippen LogP contribution in [-0.2, 0) is 4.79 Å². The summed E-state index contributed by atoms with van der Waals surface area (Å²) in [6, 6.07) is 0. The monoisotopic (exact) mass is 155 g/mol. The van der Waals surface area contributed by atoms with E-state index in [1.165, 1.54) is 19.3 Å². The summed E-state index contributed by atoms with van der Waals surface area (Å²) in [4.78, 5) is 13.4. The van der Waals surface area contributed by atoms with Crippen LogP contribution in [0.3, 0.4) is 0 Å². The molecule has 0 aromatic carbocycles. The number of hydrogen-bond acceptors (Lipinski definition) is 2. The summed E-state index contributed by atoms with van der Waals surface area (Å²) in [5.74, 6) is 0.594. The molecule has 1 atom stereocenters. The minimum atomic E-state index is 0.594. The lowest BCUT2D eigenvalue weighted by atomic mass is 10.00. The summed E-state index contributed by atoms with van der Waals surface area (Å²) >= 11 is 0. The summed E-state index contributed by atoms with van der Waals surface area (Å²) in [5.41, 5.74) is 0. The number of nitrogens with zero attached hydrogens (tertiary/aromatic N) is 1. The van der Waals surface area contributed by atoms with Gasteiger partial charge in [-0.2, -0.15) is 0 Å². The van der Waals surface area contributed by atoms with Gasteiger partial charge in [0.15, 0.2) is 0 Å². The molecule has 0 heterocycles.